The van der Waals surface area contributed by atoms with Crippen LogP contribution in [0.25, 0.3) is 10.8 Å². The summed E-state index contributed by atoms with van der Waals surface area (Å²) in [6, 6.07) is 14.5. The summed E-state index contributed by atoms with van der Waals surface area (Å²) in [6.45, 7) is 0. The summed E-state index contributed by atoms with van der Waals surface area (Å²) in [5.41, 5.74) is 6.34. The van der Waals surface area contributed by atoms with Crippen molar-refractivity contribution in [3.05, 3.63) is 48.0 Å². The minimum Gasteiger partial charge on any atom is -0.353 e. The van der Waals surface area contributed by atoms with E-state index in [4.69, 9.17) is 5.73 Å². The number of fused-ring (bicyclic) bond motifs is 1. The lowest BCUT2D eigenvalue weighted by molar-refractivity contribution is -0.123. The van der Waals surface area contributed by atoms with Crippen LogP contribution in [0.3, 0.4) is 0 Å². The minimum atomic E-state index is -0.497. The van der Waals surface area contributed by atoms with Crippen LogP contribution in [0.4, 0.5) is 4.79 Å². The van der Waals surface area contributed by atoms with E-state index in [2.05, 4.69) is 41.0 Å². The van der Waals surface area contributed by atoms with E-state index in [0.717, 1.165) is 19.3 Å². The zero-order valence-corrected chi connectivity index (χ0v) is 13.4. The van der Waals surface area contributed by atoms with Gasteiger partial charge in [0.25, 0.3) is 0 Å². The molecule has 24 heavy (non-hydrogen) atoms. The SMILES string of the molecule is NC(=O)NC1CC(NC(=O)[C@@H]2C[C@H]2c2ccc3ccccc3c2)C1. The first kappa shape index (κ1) is 15.0. The molecule has 0 aliphatic heterocycles. The Bertz CT molecular complexity index is 798. The average Bonchev–Trinajstić information content (AvgIpc) is 3.32. The van der Waals surface area contributed by atoms with Crippen LogP contribution in [-0.4, -0.2) is 24.0 Å². The molecule has 0 bridgehead atoms. The van der Waals surface area contributed by atoms with Crippen LogP contribution in [0, 0.1) is 5.92 Å². The van der Waals surface area contributed by atoms with Crippen LogP contribution < -0.4 is 16.4 Å². The third kappa shape index (κ3) is 2.94. The van der Waals surface area contributed by atoms with E-state index < -0.39 is 6.03 Å². The van der Waals surface area contributed by atoms with Gasteiger partial charge in [-0.15, -0.1) is 0 Å². The van der Waals surface area contributed by atoms with Crippen LogP contribution in [0.15, 0.2) is 42.5 Å². The maximum atomic E-state index is 12.4. The van der Waals surface area contributed by atoms with Crippen molar-refractivity contribution in [2.45, 2.75) is 37.3 Å². The molecule has 5 nitrogen and oxygen atoms in total. The van der Waals surface area contributed by atoms with Gasteiger partial charge in [0, 0.05) is 18.0 Å². The lowest BCUT2D eigenvalue weighted by atomic mass is 9.86. The molecule has 2 aromatic carbocycles. The number of urea groups is 1. The first-order valence-electron chi connectivity index (χ1n) is 8.45. The molecule has 2 fully saturated rings. The molecule has 0 heterocycles. The molecule has 3 amide bonds. The van der Waals surface area contributed by atoms with Crippen molar-refractivity contribution in [3.63, 3.8) is 0 Å². The molecule has 2 aromatic rings. The second-order valence-electron chi connectivity index (χ2n) is 6.94. The molecule has 0 unspecified atom stereocenters. The van der Waals surface area contributed by atoms with Crippen molar-refractivity contribution in [3.8, 4) is 0 Å². The lowest BCUT2D eigenvalue weighted by Crippen LogP contribution is -2.55. The molecule has 124 valence electrons. The third-order valence-electron chi connectivity index (χ3n) is 5.16. The van der Waals surface area contributed by atoms with Crippen LogP contribution in [-0.2, 0) is 4.79 Å². The number of hydrogen-bond acceptors (Lipinski definition) is 2. The summed E-state index contributed by atoms with van der Waals surface area (Å²) in [4.78, 5) is 23.1. The number of carbonyl (C=O) groups excluding carboxylic acids is 2. The van der Waals surface area contributed by atoms with Crippen molar-refractivity contribution in [1.29, 1.82) is 0 Å². The summed E-state index contributed by atoms with van der Waals surface area (Å²) >= 11 is 0. The van der Waals surface area contributed by atoms with Crippen molar-refractivity contribution >= 4 is 22.7 Å². The molecule has 2 aliphatic rings. The van der Waals surface area contributed by atoms with Gasteiger partial charge >= 0.3 is 6.03 Å². The van der Waals surface area contributed by atoms with Gasteiger partial charge < -0.3 is 16.4 Å². The summed E-state index contributed by atoms with van der Waals surface area (Å²) in [6.07, 6.45) is 2.45. The van der Waals surface area contributed by atoms with E-state index >= 15 is 0 Å². The summed E-state index contributed by atoms with van der Waals surface area (Å²) in [7, 11) is 0. The largest absolute Gasteiger partial charge is 0.353 e. The number of benzene rings is 2. The van der Waals surface area contributed by atoms with Gasteiger partial charge in [-0.25, -0.2) is 4.79 Å². The fourth-order valence-electron chi connectivity index (χ4n) is 3.65. The van der Waals surface area contributed by atoms with E-state index in [0.29, 0.717) is 5.92 Å². The van der Waals surface area contributed by atoms with Gasteiger partial charge in [-0.05, 0) is 41.5 Å². The van der Waals surface area contributed by atoms with Crippen LogP contribution in [0.1, 0.15) is 30.7 Å². The molecule has 5 heteroatoms. The van der Waals surface area contributed by atoms with E-state index in [1.165, 1.54) is 16.3 Å². The first-order valence-corrected chi connectivity index (χ1v) is 8.45. The Kier molecular flexibility index (Phi) is 3.63. The number of hydrogen-bond donors (Lipinski definition) is 3. The molecule has 2 saturated carbocycles. The lowest BCUT2D eigenvalue weighted by Gasteiger charge is -2.35. The highest BCUT2D eigenvalue weighted by Crippen LogP contribution is 2.48. The van der Waals surface area contributed by atoms with E-state index in [-0.39, 0.29) is 23.9 Å². The smallest absolute Gasteiger partial charge is 0.312 e. The number of nitrogens with one attached hydrogen (secondary N) is 2. The van der Waals surface area contributed by atoms with Crippen molar-refractivity contribution in [1.82, 2.24) is 10.6 Å². The summed E-state index contributed by atoms with van der Waals surface area (Å²) < 4.78 is 0. The fraction of sp³-hybridized carbons (Fsp3) is 0.368. The normalized spacial score (nSPS) is 28.0. The Labute approximate surface area is 140 Å². The Balaban J connectivity index is 1.32. The third-order valence-corrected chi connectivity index (χ3v) is 5.16. The predicted octanol–water partition coefficient (Wildman–Crippen LogP) is 2.26. The van der Waals surface area contributed by atoms with Crippen LogP contribution >= 0.6 is 0 Å². The zero-order valence-electron chi connectivity index (χ0n) is 13.4. The number of carbonyl (C=O) groups is 2. The summed E-state index contributed by atoms with van der Waals surface area (Å²) in [5, 5.41) is 8.20. The standard InChI is InChI=1S/C19H21N3O2/c20-19(24)22-15-8-14(9-15)21-18(23)17-10-16(17)13-6-5-11-3-1-2-4-12(11)7-13/h1-7,14-17H,8-10H2,(H,21,23)(H3,20,22,24)/t14?,15?,16-,17+/m0/s1. The van der Waals surface area contributed by atoms with Gasteiger partial charge in [0.2, 0.25) is 5.91 Å². The monoisotopic (exact) mass is 323 g/mol. The summed E-state index contributed by atoms with van der Waals surface area (Å²) in [5.74, 6) is 0.541. The van der Waals surface area contributed by atoms with Crippen LogP contribution in [0.2, 0.25) is 0 Å². The van der Waals surface area contributed by atoms with Gasteiger partial charge in [0.05, 0.1) is 0 Å². The first-order chi connectivity index (χ1) is 11.6. The molecule has 0 aromatic heterocycles. The van der Waals surface area contributed by atoms with Gasteiger partial charge in [-0.2, -0.15) is 0 Å². The van der Waals surface area contributed by atoms with Crippen molar-refractivity contribution < 1.29 is 9.59 Å². The highest BCUT2D eigenvalue weighted by Gasteiger charge is 2.45. The molecule has 0 radical (unpaired) electrons. The van der Waals surface area contributed by atoms with E-state index in [1.54, 1.807) is 0 Å². The number of primary amides is 1. The van der Waals surface area contributed by atoms with Gasteiger partial charge in [-0.1, -0.05) is 42.5 Å². The number of amides is 3. The number of nitrogens with two attached hydrogens (primary N) is 1. The zero-order chi connectivity index (χ0) is 16.7. The molecule has 0 saturated heterocycles. The Morgan fingerprint density at radius 1 is 0.917 bits per heavy atom. The van der Waals surface area contributed by atoms with E-state index in [9.17, 15) is 9.59 Å². The van der Waals surface area contributed by atoms with Crippen molar-refractivity contribution in [2.75, 3.05) is 0 Å². The van der Waals surface area contributed by atoms with Gasteiger partial charge in [-0.3, -0.25) is 4.79 Å². The van der Waals surface area contributed by atoms with Crippen molar-refractivity contribution in [2.24, 2.45) is 11.7 Å². The van der Waals surface area contributed by atoms with Crippen LogP contribution in [0.5, 0.6) is 0 Å². The Morgan fingerprint density at radius 3 is 2.38 bits per heavy atom. The second kappa shape index (κ2) is 5.82. The Hall–Kier alpha value is -2.56. The van der Waals surface area contributed by atoms with Gasteiger partial charge in [0.1, 0.15) is 0 Å². The molecule has 2 atom stereocenters. The maximum absolute atomic E-state index is 12.4. The average molecular weight is 323 g/mol. The molecular formula is C19H21N3O2. The fourth-order valence-corrected chi connectivity index (χ4v) is 3.65. The highest BCUT2D eigenvalue weighted by atomic mass is 16.2. The second-order valence-corrected chi connectivity index (χ2v) is 6.94. The maximum Gasteiger partial charge on any atom is 0.312 e. The molecule has 2 aliphatic carbocycles. The van der Waals surface area contributed by atoms with Gasteiger partial charge in [0.15, 0.2) is 0 Å². The minimum absolute atomic E-state index is 0.0781. The topological polar surface area (TPSA) is 84.2 Å². The molecule has 0 spiro atoms. The predicted molar refractivity (Wildman–Crippen MR) is 92.5 cm³/mol. The Morgan fingerprint density at radius 2 is 1.62 bits per heavy atom. The molecule has 4 rings (SSSR count). The number of rotatable bonds is 4. The molecule has 4 N–H and O–H groups in total. The quantitative estimate of drug-likeness (QED) is 0.806. The van der Waals surface area contributed by atoms with E-state index in [1.807, 2.05) is 12.1 Å². The molecular weight excluding hydrogens is 302 g/mol. The highest BCUT2D eigenvalue weighted by molar-refractivity contribution is 5.86.